The summed E-state index contributed by atoms with van der Waals surface area (Å²) < 4.78 is 30.7. The quantitative estimate of drug-likeness (QED) is 0.237. The lowest BCUT2D eigenvalue weighted by Gasteiger charge is -2.09. The number of amides is 2. The van der Waals surface area contributed by atoms with Gasteiger partial charge in [0.25, 0.3) is 5.91 Å². The zero-order chi connectivity index (χ0) is 23.9. The van der Waals surface area contributed by atoms with Gasteiger partial charge in [0.05, 0.1) is 17.4 Å². The van der Waals surface area contributed by atoms with Crippen LogP contribution in [0.25, 0.3) is 11.0 Å². The summed E-state index contributed by atoms with van der Waals surface area (Å²) in [5.74, 6) is -0.135. The monoisotopic (exact) mass is 481 g/mol. The van der Waals surface area contributed by atoms with Crippen molar-refractivity contribution in [1.29, 1.82) is 0 Å². The van der Waals surface area contributed by atoms with Crippen LogP contribution in [0.5, 0.6) is 5.75 Å². The topological polar surface area (TPSA) is 185 Å². The van der Waals surface area contributed by atoms with E-state index in [1.54, 1.807) is 6.07 Å². The van der Waals surface area contributed by atoms with Crippen LogP contribution in [0, 0.1) is 5.92 Å². The smallest absolute Gasteiger partial charge is 0.339 e. The number of carbonyl (C=O) groups excluding carboxylic acids is 2. The summed E-state index contributed by atoms with van der Waals surface area (Å²) >= 11 is 0. The minimum absolute atomic E-state index is 0.0309. The fourth-order valence-corrected chi connectivity index (χ4v) is 4.18. The SMILES string of the molecule is NC(=O)c1[nH]cnc1Nc1ccc(S(=O)(=O)Oc2ccc3nc(NC(=O)C4CC4)[nH]c3c2)cc1. The average Bonchev–Trinajstić information content (AvgIpc) is 3.42. The number of nitrogens with two attached hydrogens (primary N) is 1. The standard InChI is InChI=1S/C21H19N7O5S/c22-18(29)17-19(24-10-23-17)25-12-3-6-14(7-4-12)34(31,32)33-13-5-8-15-16(9-13)27-21(26-15)28-20(30)11-1-2-11/h3-11,25H,1-2H2,(H2,22,29)(H,23,24)(H2,26,27,28,30). The lowest BCUT2D eigenvalue weighted by molar-refractivity contribution is -0.117. The predicted octanol–water partition coefficient (Wildman–Crippen LogP) is 2.24. The second-order valence-corrected chi connectivity index (χ2v) is 9.25. The largest absolute Gasteiger partial charge is 0.379 e. The number of aromatic amines is 2. The van der Waals surface area contributed by atoms with E-state index in [1.807, 2.05) is 0 Å². The molecule has 1 aliphatic carbocycles. The average molecular weight is 481 g/mol. The zero-order valence-electron chi connectivity index (χ0n) is 17.5. The molecule has 12 nitrogen and oxygen atoms in total. The van der Waals surface area contributed by atoms with Crippen molar-refractivity contribution in [1.82, 2.24) is 19.9 Å². The van der Waals surface area contributed by atoms with Gasteiger partial charge in [0.1, 0.15) is 16.3 Å². The van der Waals surface area contributed by atoms with Crippen LogP contribution in [0.4, 0.5) is 17.5 Å². The van der Waals surface area contributed by atoms with Gasteiger partial charge in [-0.25, -0.2) is 9.97 Å². The highest BCUT2D eigenvalue weighted by Gasteiger charge is 2.30. The van der Waals surface area contributed by atoms with Crippen molar-refractivity contribution in [3.05, 3.63) is 54.5 Å². The molecule has 0 spiro atoms. The molecule has 0 aliphatic heterocycles. The summed E-state index contributed by atoms with van der Waals surface area (Å²) in [5, 5.41) is 5.60. The molecular weight excluding hydrogens is 462 g/mol. The van der Waals surface area contributed by atoms with Gasteiger partial charge in [0.2, 0.25) is 11.9 Å². The highest BCUT2D eigenvalue weighted by atomic mass is 32.2. The Hall–Kier alpha value is -4.39. The maximum atomic E-state index is 12.7. The van der Waals surface area contributed by atoms with Gasteiger partial charge in [-0.15, -0.1) is 0 Å². The van der Waals surface area contributed by atoms with Crippen molar-refractivity contribution in [3.63, 3.8) is 0 Å². The number of nitrogens with one attached hydrogen (secondary N) is 4. The molecule has 0 saturated heterocycles. The van der Waals surface area contributed by atoms with Crippen LogP contribution in [0.3, 0.4) is 0 Å². The third-order valence-corrected chi connectivity index (χ3v) is 6.40. The van der Waals surface area contributed by atoms with Gasteiger partial charge < -0.3 is 25.2 Å². The van der Waals surface area contributed by atoms with E-state index < -0.39 is 16.0 Å². The van der Waals surface area contributed by atoms with Crippen LogP contribution in [0.2, 0.25) is 0 Å². The van der Waals surface area contributed by atoms with Crippen molar-refractivity contribution in [2.45, 2.75) is 17.7 Å². The molecule has 2 aromatic carbocycles. The molecule has 1 saturated carbocycles. The first-order valence-corrected chi connectivity index (χ1v) is 11.6. The molecule has 6 N–H and O–H groups in total. The normalized spacial score (nSPS) is 13.5. The van der Waals surface area contributed by atoms with Crippen LogP contribution in [0.15, 0.2) is 53.7 Å². The molecule has 174 valence electrons. The molecule has 2 heterocycles. The number of benzene rings is 2. The molecule has 0 unspecified atom stereocenters. The van der Waals surface area contributed by atoms with Crippen LogP contribution in [-0.2, 0) is 14.9 Å². The summed E-state index contributed by atoms with van der Waals surface area (Å²) in [7, 11) is -4.13. The lowest BCUT2D eigenvalue weighted by atomic mass is 10.3. The fraction of sp³-hybridized carbons (Fsp3) is 0.143. The number of primary amides is 1. The van der Waals surface area contributed by atoms with Gasteiger partial charge in [0, 0.05) is 17.7 Å². The Bertz CT molecular complexity index is 1500. The van der Waals surface area contributed by atoms with Gasteiger partial charge in [-0.2, -0.15) is 8.42 Å². The van der Waals surface area contributed by atoms with Gasteiger partial charge in [0.15, 0.2) is 5.82 Å². The number of fused-ring (bicyclic) bond motifs is 1. The second-order valence-electron chi connectivity index (χ2n) is 7.71. The molecule has 2 aromatic heterocycles. The molecular formula is C21H19N7O5S. The van der Waals surface area contributed by atoms with E-state index in [4.69, 9.17) is 9.92 Å². The number of anilines is 3. The highest BCUT2D eigenvalue weighted by Crippen LogP contribution is 2.30. The summed E-state index contributed by atoms with van der Waals surface area (Å²) in [5.41, 5.74) is 6.93. The number of carbonyl (C=O) groups is 2. The molecule has 0 bridgehead atoms. The van der Waals surface area contributed by atoms with Gasteiger partial charge in [-0.05, 0) is 49.2 Å². The minimum atomic E-state index is -4.13. The maximum Gasteiger partial charge on any atom is 0.339 e. The van der Waals surface area contributed by atoms with Crippen LogP contribution in [0.1, 0.15) is 23.3 Å². The van der Waals surface area contributed by atoms with Crippen LogP contribution >= 0.6 is 0 Å². The van der Waals surface area contributed by atoms with Crippen LogP contribution in [-0.4, -0.2) is 40.2 Å². The van der Waals surface area contributed by atoms with Gasteiger partial charge >= 0.3 is 10.1 Å². The molecule has 4 aromatic rings. The van der Waals surface area contributed by atoms with Crippen molar-refractivity contribution >= 4 is 50.4 Å². The van der Waals surface area contributed by atoms with Crippen molar-refractivity contribution in [3.8, 4) is 5.75 Å². The fourth-order valence-electron chi connectivity index (χ4n) is 3.26. The van der Waals surface area contributed by atoms with E-state index in [-0.39, 0.29) is 34.0 Å². The molecule has 13 heteroatoms. The van der Waals surface area contributed by atoms with E-state index in [0.29, 0.717) is 22.7 Å². The van der Waals surface area contributed by atoms with Gasteiger partial charge in [-0.3, -0.25) is 14.9 Å². The van der Waals surface area contributed by atoms with E-state index in [2.05, 4.69) is 30.6 Å². The van der Waals surface area contributed by atoms with Crippen LogP contribution < -0.4 is 20.6 Å². The second kappa shape index (κ2) is 8.19. The molecule has 1 fully saturated rings. The van der Waals surface area contributed by atoms with E-state index in [0.717, 1.165) is 12.8 Å². The minimum Gasteiger partial charge on any atom is -0.379 e. The zero-order valence-corrected chi connectivity index (χ0v) is 18.3. The van der Waals surface area contributed by atoms with Crippen molar-refractivity contribution in [2.24, 2.45) is 11.7 Å². The van der Waals surface area contributed by atoms with Crippen molar-refractivity contribution < 1.29 is 22.2 Å². The Kier molecular flexibility index (Phi) is 5.17. The van der Waals surface area contributed by atoms with Gasteiger partial charge in [-0.1, -0.05) is 0 Å². The molecule has 0 atom stereocenters. The van der Waals surface area contributed by atoms with E-state index in [9.17, 15) is 18.0 Å². The molecule has 0 radical (unpaired) electrons. The Morgan fingerprint density at radius 3 is 2.59 bits per heavy atom. The Morgan fingerprint density at radius 1 is 1.12 bits per heavy atom. The summed E-state index contributed by atoms with van der Waals surface area (Å²) in [6.45, 7) is 0. The molecule has 2 amide bonds. The number of nitrogens with zero attached hydrogens (tertiary/aromatic N) is 2. The Morgan fingerprint density at radius 2 is 1.88 bits per heavy atom. The predicted molar refractivity (Wildman–Crippen MR) is 122 cm³/mol. The number of H-pyrrole nitrogens is 2. The van der Waals surface area contributed by atoms with Crippen molar-refractivity contribution in [2.75, 3.05) is 10.6 Å². The molecule has 34 heavy (non-hydrogen) atoms. The Labute approximate surface area is 193 Å². The highest BCUT2D eigenvalue weighted by molar-refractivity contribution is 7.87. The van der Waals surface area contributed by atoms with E-state index >= 15 is 0 Å². The number of hydrogen-bond acceptors (Lipinski definition) is 8. The number of aromatic nitrogens is 4. The summed E-state index contributed by atoms with van der Waals surface area (Å²) in [4.78, 5) is 37.1. The number of hydrogen-bond donors (Lipinski definition) is 5. The molecule has 5 rings (SSSR count). The lowest BCUT2D eigenvalue weighted by Crippen LogP contribution is -2.14. The summed E-state index contributed by atoms with van der Waals surface area (Å²) in [6, 6.07) is 10.3. The van der Waals surface area contributed by atoms with E-state index in [1.165, 1.54) is 42.7 Å². The summed E-state index contributed by atoms with van der Waals surface area (Å²) in [6.07, 6.45) is 3.06. The first kappa shape index (κ1) is 21.5. The third kappa shape index (κ3) is 4.41. The molecule has 1 aliphatic rings. The number of rotatable bonds is 8. The third-order valence-electron chi connectivity index (χ3n) is 5.14. The first-order valence-electron chi connectivity index (χ1n) is 10.2. The first-order chi connectivity index (χ1) is 16.3. The maximum absolute atomic E-state index is 12.7. The Balaban J connectivity index is 1.30. The number of imidazole rings is 2.